The summed E-state index contributed by atoms with van der Waals surface area (Å²) in [6.07, 6.45) is 2.97. The van der Waals surface area contributed by atoms with E-state index < -0.39 is 10.0 Å². The molecule has 160 valence electrons. The molecule has 2 aliphatic rings. The lowest BCUT2D eigenvalue weighted by molar-refractivity contribution is 0.134. The number of aromatic nitrogens is 2. The molecule has 0 amide bonds. The van der Waals surface area contributed by atoms with E-state index in [1.807, 2.05) is 49.4 Å². The highest BCUT2D eigenvalue weighted by atomic mass is 32.2. The van der Waals surface area contributed by atoms with Gasteiger partial charge in [0.1, 0.15) is 10.6 Å². The SMILES string of the molecule is Cc1cccc(OC[C@@H]2CN(S(=O)(=O)c3cccnc3)[C@H]3c4ccccc4OC[C@@H]23)n1. The van der Waals surface area contributed by atoms with Gasteiger partial charge < -0.3 is 9.47 Å². The number of pyridine rings is 2. The van der Waals surface area contributed by atoms with Gasteiger partial charge in [-0.2, -0.15) is 4.31 Å². The molecule has 1 aromatic carbocycles. The van der Waals surface area contributed by atoms with Gasteiger partial charge in [0.05, 0.1) is 19.3 Å². The van der Waals surface area contributed by atoms with Crippen LogP contribution in [0.2, 0.25) is 0 Å². The predicted molar refractivity (Wildman–Crippen MR) is 114 cm³/mol. The first-order valence-corrected chi connectivity index (χ1v) is 11.7. The minimum Gasteiger partial charge on any atom is -0.493 e. The summed E-state index contributed by atoms with van der Waals surface area (Å²) in [7, 11) is -3.73. The Morgan fingerprint density at radius 3 is 2.81 bits per heavy atom. The molecule has 0 bridgehead atoms. The molecular formula is C23H23N3O4S. The molecule has 0 spiro atoms. The Morgan fingerprint density at radius 1 is 1.13 bits per heavy atom. The molecule has 0 N–H and O–H groups in total. The number of rotatable bonds is 5. The van der Waals surface area contributed by atoms with Crippen LogP contribution in [0.15, 0.2) is 71.9 Å². The Kier molecular flexibility index (Phi) is 5.11. The smallest absolute Gasteiger partial charge is 0.245 e. The van der Waals surface area contributed by atoms with E-state index >= 15 is 0 Å². The van der Waals surface area contributed by atoms with E-state index in [0.717, 1.165) is 17.0 Å². The Morgan fingerprint density at radius 2 is 2.00 bits per heavy atom. The van der Waals surface area contributed by atoms with Gasteiger partial charge >= 0.3 is 0 Å². The Bertz CT molecular complexity index is 1190. The first-order chi connectivity index (χ1) is 15.0. The summed E-state index contributed by atoms with van der Waals surface area (Å²) < 4.78 is 40.7. The van der Waals surface area contributed by atoms with Crippen molar-refractivity contribution in [2.75, 3.05) is 19.8 Å². The van der Waals surface area contributed by atoms with Crippen LogP contribution in [0.3, 0.4) is 0 Å². The molecule has 31 heavy (non-hydrogen) atoms. The van der Waals surface area contributed by atoms with Gasteiger partial charge in [-0.15, -0.1) is 0 Å². The lowest BCUT2D eigenvalue weighted by Gasteiger charge is -2.33. The first kappa shape index (κ1) is 20.0. The van der Waals surface area contributed by atoms with Gasteiger partial charge in [-0.1, -0.05) is 24.3 Å². The Hall–Kier alpha value is -2.97. The van der Waals surface area contributed by atoms with Crippen LogP contribution < -0.4 is 9.47 Å². The van der Waals surface area contributed by atoms with Gasteiger partial charge in [0.2, 0.25) is 15.9 Å². The van der Waals surface area contributed by atoms with Crippen molar-refractivity contribution in [2.45, 2.75) is 17.9 Å². The van der Waals surface area contributed by atoms with Crippen molar-refractivity contribution < 1.29 is 17.9 Å². The summed E-state index contributed by atoms with van der Waals surface area (Å²) in [6, 6.07) is 16.2. The van der Waals surface area contributed by atoms with E-state index in [2.05, 4.69) is 9.97 Å². The van der Waals surface area contributed by atoms with Crippen LogP contribution in [0.25, 0.3) is 0 Å². The molecule has 4 heterocycles. The number of aryl methyl sites for hydroxylation is 1. The van der Waals surface area contributed by atoms with Crippen molar-refractivity contribution in [3.63, 3.8) is 0 Å². The summed E-state index contributed by atoms with van der Waals surface area (Å²) in [5.74, 6) is 1.22. The van der Waals surface area contributed by atoms with E-state index in [-0.39, 0.29) is 22.8 Å². The summed E-state index contributed by atoms with van der Waals surface area (Å²) >= 11 is 0. The average Bonchev–Trinajstić information content (AvgIpc) is 3.18. The molecule has 5 rings (SSSR count). The molecule has 0 unspecified atom stereocenters. The average molecular weight is 438 g/mol. The normalized spacial score (nSPS) is 22.9. The number of hydrogen-bond donors (Lipinski definition) is 0. The van der Waals surface area contributed by atoms with Crippen LogP contribution in [-0.4, -0.2) is 42.4 Å². The lowest BCUT2D eigenvalue weighted by Crippen LogP contribution is -2.35. The van der Waals surface area contributed by atoms with Gasteiger partial charge in [0.15, 0.2) is 0 Å². The molecule has 1 saturated heterocycles. The Labute approximate surface area is 181 Å². The second-order valence-corrected chi connectivity index (χ2v) is 9.80. The topological polar surface area (TPSA) is 81.6 Å². The van der Waals surface area contributed by atoms with E-state index in [0.29, 0.717) is 25.6 Å². The molecule has 7 nitrogen and oxygen atoms in total. The molecule has 0 aliphatic carbocycles. The largest absolute Gasteiger partial charge is 0.493 e. The van der Waals surface area contributed by atoms with E-state index in [1.165, 1.54) is 6.20 Å². The third-order valence-corrected chi connectivity index (χ3v) is 7.78. The van der Waals surface area contributed by atoms with Crippen LogP contribution in [0.5, 0.6) is 11.6 Å². The molecule has 8 heteroatoms. The second-order valence-electron chi connectivity index (χ2n) is 7.91. The van der Waals surface area contributed by atoms with E-state index in [9.17, 15) is 8.42 Å². The quantitative estimate of drug-likeness (QED) is 0.610. The van der Waals surface area contributed by atoms with Gasteiger partial charge in [-0.3, -0.25) is 4.98 Å². The van der Waals surface area contributed by atoms with E-state index in [1.54, 1.807) is 22.6 Å². The van der Waals surface area contributed by atoms with Crippen LogP contribution in [0, 0.1) is 18.8 Å². The minimum absolute atomic E-state index is 0.0221. The second kappa shape index (κ2) is 7.94. The number of fused-ring (bicyclic) bond motifs is 3. The first-order valence-electron chi connectivity index (χ1n) is 10.2. The number of benzene rings is 1. The van der Waals surface area contributed by atoms with Crippen LogP contribution in [0.4, 0.5) is 0 Å². The molecular weight excluding hydrogens is 414 g/mol. The zero-order valence-corrected chi connectivity index (χ0v) is 17.9. The lowest BCUT2D eigenvalue weighted by atomic mass is 9.86. The number of nitrogens with zero attached hydrogens (tertiary/aromatic N) is 3. The minimum atomic E-state index is -3.73. The van der Waals surface area contributed by atoms with Gasteiger partial charge in [0.25, 0.3) is 0 Å². The molecule has 0 radical (unpaired) electrons. The zero-order valence-electron chi connectivity index (χ0n) is 17.1. The monoisotopic (exact) mass is 437 g/mol. The zero-order chi connectivity index (χ0) is 21.4. The highest BCUT2D eigenvalue weighted by molar-refractivity contribution is 7.89. The third kappa shape index (κ3) is 3.66. The summed E-state index contributed by atoms with van der Waals surface area (Å²) in [6.45, 7) is 3.06. The van der Waals surface area contributed by atoms with Crippen molar-refractivity contribution in [1.29, 1.82) is 0 Å². The summed E-state index contributed by atoms with van der Waals surface area (Å²) in [5.41, 5.74) is 1.76. The predicted octanol–water partition coefficient (Wildman–Crippen LogP) is 3.23. The van der Waals surface area contributed by atoms with Crippen molar-refractivity contribution in [2.24, 2.45) is 11.8 Å². The van der Waals surface area contributed by atoms with Crippen molar-refractivity contribution in [1.82, 2.24) is 14.3 Å². The standard InChI is InChI=1S/C23H23N3O4S/c1-16-6-4-10-22(25-16)30-14-17-13-26(31(27,28)18-7-5-11-24-12-18)23-19-8-2-3-9-21(19)29-15-20(17)23/h2-12,17,20,23H,13-15H2,1H3/t17-,20-,23-/m0/s1. The summed E-state index contributed by atoms with van der Waals surface area (Å²) in [4.78, 5) is 8.60. The highest BCUT2D eigenvalue weighted by Gasteiger charge is 2.51. The van der Waals surface area contributed by atoms with Crippen LogP contribution >= 0.6 is 0 Å². The van der Waals surface area contributed by atoms with Crippen LogP contribution in [0.1, 0.15) is 17.3 Å². The fourth-order valence-corrected chi connectivity index (χ4v) is 6.13. The summed E-state index contributed by atoms with van der Waals surface area (Å²) in [5, 5.41) is 0. The maximum atomic E-state index is 13.6. The van der Waals surface area contributed by atoms with Gasteiger partial charge in [-0.25, -0.2) is 13.4 Å². The molecule has 2 aromatic heterocycles. The maximum absolute atomic E-state index is 13.6. The molecule has 1 fully saturated rings. The van der Waals surface area contributed by atoms with Crippen molar-refractivity contribution >= 4 is 10.0 Å². The van der Waals surface area contributed by atoms with Crippen LogP contribution in [-0.2, 0) is 10.0 Å². The molecule has 0 saturated carbocycles. The van der Waals surface area contributed by atoms with Gasteiger partial charge in [0, 0.05) is 48.1 Å². The van der Waals surface area contributed by atoms with Gasteiger partial charge in [-0.05, 0) is 31.2 Å². The number of para-hydroxylation sites is 1. The molecule has 2 aliphatic heterocycles. The molecule has 3 aromatic rings. The third-order valence-electron chi connectivity index (χ3n) is 5.95. The van der Waals surface area contributed by atoms with Crippen molar-refractivity contribution in [3.8, 4) is 11.6 Å². The number of hydrogen-bond acceptors (Lipinski definition) is 6. The number of ether oxygens (including phenoxy) is 2. The van der Waals surface area contributed by atoms with Crippen molar-refractivity contribution in [3.05, 3.63) is 78.2 Å². The van der Waals surface area contributed by atoms with E-state index in [4.69, 9.17) is 9.47 Å². The maximum Gasteiger partial charge on any atom is 0.245 e. The fraction of sp³-hybridized carbons (Fsp3) is 0.304. The number of sulfonamides is 1. The Balaban J connectivity index is 1.49. The fourth-order valence-electron chi connectivity index (χ4n) is 4.46. The highest BCUT2D eigenvalue weighted by Crippen LogP contribution is 2.49. The molecule has 3 atom stereocenters.